The number of amides is 1. The van der Waals surface area contributed by atoms with E-state index in [1.807, 2.05) is 43.9 Å². The zero-order valence-electron chi connectivity index (χ0n) is 19.7. The van der Waals surface area contributed by atoms with Crippen LogP contribution >= 0.6 is 11.8 Å². The molecule has 1 amide bonds. The molecule has 1 aromatic carbocycles. The van der Waals surface area contributed by atoms with Crippen molar-refractivity contribution in [3.05, 3.63) is 56.5 Å². The second kappa shape index (κ2) is 9.13. The molecule has 1 aliphatic rings. The van der Waals surface area contributed by atoms with Crippen LogP contribution in [0.25, 0.3) is 11.0 Å². The van der Waals surface area contributed by atoms with E-state index in [9.17, 15) is 14.4 Å². The minimum atomic E-state index is -0.469. The maximum atomic E-state index is 13.4. The third-order valence-electron chi connectivity index (χ3n) is 5.82. The molecule has 0 fully saturated rings. The summed E-state index contributed by atoms with van der Waals surface area (Å²) in [7, 11) is 1.47. The Bertz CT molecular complexity index is 1340. The van der Waals surface area contributed by atoms with Gasteiger partial charge in [-0.1, -0.05) is 43.8 Å². The molecule has 0 saturated heterocycles. The molecule has 0 N–H and O–H groups in total. The molecule has 2 aromatic heterocycles. The molecular formula is C24H29N5O3S. The van der Waals surface area contributed by atoms with E-state index in [0.717, 1.165) is 23.1 Å². The molecule has 3 aromatic rings. The lowest BCUT2D eigenvalue weighted by Gasteiger charge is -2.31. The van der Waals surface area contributed by atoms with Crippen molar-refractivity contribution in [3.8, 4) is 0 Å². The molecule has 8 nitrogen and oxygen atoms in total. The number of carbonyl (C=O) groups is 1. The fourth-order valence-electron chi connectivity index (χ4n) is 4.26. The van der Waals surface area contributed by atoms with E-state index in [2.05, 4.69) is 16.0 Å². The van der Waals surface area contributed by atoms with Crippen LogP contribution in [-0.2, 0) is 24.8 Å². The van der Waals surface area contributed by atoms with Gasteiger partial charge in [0.1, 0.15) is 16.2 Å². The highest BCUT2D eigenvalue weighted by Gasteiger charge is 2.28. The van der Waals surface area contributed by atoms with E-state index in [1.165, 1.54) is 28.9 Å². The number of aryl methyl sites for hydroxylation is 2. The van der Waals surface area contributed by atoms with E-state index >= 15 is 0 Å². The lowest BCUT2D eigenvalue weighted by Crippen LogP contribution is -2.41. The number of anilines is 1. The Balaban J connectivity index is 1.76. The van der Waals surface area contributed by atoms with Crippen molar-refractivity contribution in [3.63, 3.8) is 0 Å². The van der Waals surface area contributed by atoms with Crippen LogP contribution < -0.4 is 16.1 Å². The van der Waals surface area contributed by atoms with Gasteiger partial charge in [-0.2, -0.15) is 0 Å². The molecule has 4 rings (SSSR count). The fourth-order valence-corrected chi connectivity index (χ4v) is 5.30. The Morgan fingerprint density at radius 2 is 1.88 bits per heavy atom. The number of hydrogen-bond acceptors (Lipinski definition) is 6. The highest BCUT2D eigenvalue weighted by Crippen LogP contribution is 2.32. The molecule has 0 aliphatic carbocycles. The molecule has 1 aliphatic heterocycles. The summed E-state index contributed by atoms with van der Waals surface area (Å²) in [4.78, 5) is 50.1. The number of aromatic nitrogens is 4. The van der Waals surface area contributed by atoms with Crippen LogP contribution in [0.15, 0.2) is 38.9 Å². The van der Waals surface area contributed by atoms with E-state index in [1.54, 1.807) is 6.92 Å². The van der Waals surface area contributed by atoms with Gasteiger partial charge in [0, 0.05) is 25.8 Å². The van der Waals surface area contributed by atoms with Crippen LogP contribution in [-0.4, -0.2) is 36.8 Å². The fraction of sp³-hybridized carbons (Fsp3) is 0.458. The minimum Gasteiger partial charge on any atom is -0.311 e. The van der Waals surface area contributed by atoms with Gasteiger partial charge >= 0.3 is 5.69 Å². The first-order valence-electron chi connectivity index (χ1n) is 11.2. The zero-order valence-corrected chi connectivity index (χ0v) is 20.5. The standard InChI is InChI=1S/C24H29N5O3S/c1-14(2)13-29-20-19(23(31)27(5)24(29)32)21(26-16(4)25-20)33-15(3)22(30)28-12-8-10-17-9-6-7-11-18(17)28/h6-7,9,11,14-15H,8,10,12-13H2,1-5H3/t15-/m0/s1. The van der Waals surface area contributed by atoms with Crippen molar-refractivity contribution < 1.29 is 4.79 Å². The topological polar surface area (TPSA) is 90.1 Å². The summed E-state index contributed by atoms with van der Waals surface area (Å²) in [6.07, 6.45) is 1.87. The number of carbonyl (C=O) groups excluding carboxylic acids is 1. The third kappa shape index (κ3) is 4.34. The van der Waals surface area contributed by atoms with Crippen LogP contribution in [0.1, 0.15) is 38.6 Å². The quantitative estimate of drug-likeness (QED) is 0.423. The van der Waals surface area contributed by atoms with Gasteiger partial charge in [0.2, 0.25) is 5.91 Å². The summed E-state index contributed by atoms with van der Waals surface area (Å²) in [5.41, 5.74) is 1.61. The van der Waals surface area contributed by atoms with Crippen molar-refractivity contribution in [1.82, 2.24) is 19.1 Å². The maximum Gasteiger partial charge on any atom is 0.332 e. The highest BCUT2D eigenvalue weighted by molar-refractivity contribution is 8.00. The predicted molar refractivity (Wildman–Crippen MR) is 131 cm³/mol. The number of hydrogen-bond donors (Lipinski definition) is 0. The smallest absolute Gasteiger partial charge is 0.311 e. The van der Waals surface area contributed by atoms with Gasteiger partial charge in [0.25, 0.3) is 5.56 Å². The summed E-state index contributed by atoms with van der Waals surface area (Å²) in [6.45, 7) is 8.68. The monoisotopic (exact) mass is 467 g/mol. The second-order valence-corrected chi connectivity index (χ2v) is 10.2. The molecule has 9 heteroatoms. The van der Waals surface area contributed by atoms with Crippen LogP contribution in [0.3, 0.4) is 0 Å². The van der Waals surface area contributed by atoms with Crippen molar-refractivity contribution in [1.29, 1.82) is 0 Å². The van der Waals surface area contributed by atoms with E-state index in [4.69, 9.17) is 0 Å². The van der Waals surface area contributed by atoms with Crippen molar-refractivity contribution in [2.45, 2.75) is 57.4 Å². The molecule has 0 radical (unpaired) electrons. The molecule has 0 spiro atoms. The maximum absolute atomic E-state index is 13.4. The molecule has 0 saturated carbocycles. The normalized spacial score (nSPS) is 14.5. The van der Waals surface area contributed by atoms with Crippen LogP contribution in [0, 0.1) is 12.8 Å². The molecule has 1 atom stereocenters. The first-order chi connectivity index (χ1) is 15.7. The second-order valence-electron chi connectivity index (χ2n) is 8.91. The van der Waals surface area contributed by atoms with Gasteiger partial charge in [-0.25, -0.2) is 14.8 Å². The van der Waals surface area contributed by atoms with Crippen LogP contribution in [0.4, 0.5) is 5.69 Å². The molecule has 0 bridgehead atoms. The van der Waals surface area contributed by atoms with Gasteiger partial charge in [-0.15, -0.1) is 0 Å². The lowest BCUT2D eigenvalue weighted by atomic mass is 10.0. The number of para-hydroxylation sites is 1. The van der Waals surface area contributed by atoms with Gasteiger partial charge in [0.05, 0.1) is 5.25 Å². The van der Waals surface area contributed by atoms with Crippen molar-refractivity contribution in [2.24, 2.45) is 13.0 Å². The number of fused-ring (bicyclic) bond motifs is 2. The molecule has 33 heavy (non-hydrogen) atoms. The van der Waals surface area contributed by atoms with E-state index in [-0.39, 0.29) is 17.2 Å². The Morgan fingerprint density at radius 3 is 2.61 bits per heavy atom. The zero-order chi connectivity index (χ0) is 23.9. The molecular weight excluding hydrogens is 438 g/mol. The number of benzene rings is 1. The van der Waals surface area contributed by atoms with Crippen LogP contribution in [0.2, 0.25) is 0 Å². The summed E-state index contributed by atoms with van der Waals surface area (Å²) >= 11 is 1.25. The van der Waals surface area contributed by atoms with E-state index < -0.39 is 16.5 Å². The van der Waals surface area contributed by atoms with Gasteiger partial charge < -0.3 is 4.90 Å². The summed E-state index contributed by atoms with van der Waals surface area (Å²) in [5.74, 6) is 0.622. The molecule has 3 heterocycles. The Hall–Kier alpha value is -2.94. The van der Waals surface area contributed by atoms with Crippen molar-refractivity contribution >= 4 is 34.4 Å². The van der Waals surface area contributed by atoms with Crippen molar-refractivity contribution in [2.75, 3.05) is 11.4 Å². The average molecular weight is 468 g/mol. The van der Waals surface area contributed by atoms with Gasteiger partial charge in [-0.05, 0) is 44.2 Å². The number of nitrogens with zero attached hydrogens (tertiary/aromatic N) is 5. The SMILES string of the molecule is Cc1nc(S[C@@H](C)C(=O)N2CCCc3ccccc32)c2c(=O)n(C)c(=O)n(CC(C)C)c2n1. The highest BCUT2D eigenvalue weighted by atomic mass is 32.2. The summed E-state index contributed by atoms with van der Waals surface area (Å²) in [5, 5.41) is 0.248. The average Bonchev–Trinajstić information content (AvgIpc) is 2.79. The Kier molecular flexibility index (Phi) is 6.43. The Morgan fingerprint density at radius 1 is 1.15 bits per heavy atom. The van der Waals surface area contributed by atoms with Gasteiger partial charge in [0.15, 0.2) is 5.65 Å². The third-order valence-corrected chi connectivity index (χ3v) is 6.89. The largest absolute Gasteiger partial charge is 0.332 e. The lowest BCUT2D eigenvalue weighted by molar-refractivity contribution is -0.117. The predicted octanol–water partition coefficient (Wildman–Crippen LogP) is 2.91. The molecule has 174 valence electrons. The minimum absolute atomic E-state index is 0.0242. The summed E-state index contributed by atoms with van der Waals surface area (Å²) in [6, 6.07) is 7.98. The number of rotatable bonds is 5. The first kappa shape index (κ1) is 23.2. The molecule has 0 unspecified atom stereocenters. The van der Waals surface area contributed by atoms with E-state index in [0.29, 0.717) is 29.6 Å². The van der Waals surface area contributed by atoms with Gasteiger partial charge in [-0.3, -0.25) is 18.7 Å². The Labute approximate surface area is 196 Å². The number of thioether (sulfide) groups is 1. The summed E-state index contributed by atoms with van der Waals surface area (Å²) < 4.78 is 2.63. The first-order valence-corrected chi connectivity index (χ1v) is 12.1. The van der Waals surface area contributed by atoms with Crippen LogP contribution in [0.5, 0.6) is 0 Å².